The van der Waals surface area contributed by atoms with Gasteiger partial charge in [-0.05, 0) is 25.5 Å². The van der Waals surface area contributed by atoms with Crippen molar-refractivity contribution in [3.63, 3.8) is 0 Å². The maximum Gasteiger partial charge on any atom is 0.274 e. The lowest BCUT2D eigenvalue weighted by Gasteiger charge is -2.23. The largest absolute Gasteiger partial charge is 0.334 e. The van der Waals surface area contributed by atoms with E-state index in [1.165, 1.54) is 0 Å². The summed E-state index contributed by atoms with van der Waals surface area (Å²) in [7, 11) is 1.78. The third-order valence-electron chi connectivity index (χ3n) is 3.68. The highest BCUT2D eigenvalue weighted by atomic mass is 35.5. The topological polar surface area (TPSA) is 63.1 Å². The molecule has 0 aliphatic carbocycles. The molecule has 1 fully saturated rings. The van der Waals surface area contributed by atoms with Crippen molar-refractivity contribution in [3.8, 4) is 0 Å². The number of rotatable bonds is 4. The van der Waals surface area contributed by atoms with Gasteiger partial charge in [0, 0.05) is 31.4 Å². The molecule has 23 heavy (non-hydrogen) atoms. The first-order valence-electron chi connectivity index (χ1n) is 7.14. The van der Waals surface area contributed by atoms with Crippen LogP contribution in [0.2, 0.25) is 0 Å². The summed E-state index contributed by atoms with van der Waals surface area (Å²) in [5.41, 5.74) is 0.500. The standard InChI is InChI=1S/C14H19N5OS.2ClH/c1-18(10-13-16-6-8-21-13)14(20)12-4-7-19(17-12)11-3-2-5-15-9-11;;/h4,6-8,11,15H,2-3,5,9-10H2,1H3;2*1H. The highest BCUT2D eigenvalue weighted by molar-refractivity contribution is 7.09. The van der Waals surface area contributed by atoms with E-state index in [2.05, 4.69) is 15.4 Å². The first-order chi connectivity index (χ1) is 10.2. The Bertz CT molecular complexity index is 598. The average Bonchev–Trinajstić information content (AvgIpc) is 3.18. The second-order valence-electron chi connectivity index (χ2n) is 5.27. The fourth-order valence-electron chi connectivity index (χ4n) is 2.52. The maximum atomic E-state index is 12.4. The molecule has 0 bridgehead atoms. The molecule has 3 heterocycles. The highest BCUT2D eigenvalue weighted by Gasteiger charge is 2.19. The van der Waals surface area contributed by atoms with E-state index in [9.17, 15) is 4.79 Å². The van der Waals surface area contributed by atoms with E-state index in [1.807, 2.05) is 16.3 Å². The molecule has 2 aromatic heterocycles. The van der Waals surface area contributed by atoms with Crippen LogP contribution in [-0.2, 0) is 6.54 Å². The first kappa shape index (κ1) is 19.9. The van der Waals surface area contributed by atoms with Crippen LogP contribution in [0.15, 0.2) is 23.8 Å². The van der Waals surface area contributed by atoms with Crippen molar-refractivity contribution in [3.05, 3.63) is 34.5 Å². The SMILES string of the molecule is CN(Cc1nccs1)C(=O)c1ccn(C2CCCNC2)n1.Cl.Cl. The Morgan fingerprint density at radius 2 is 2.35 bits per heavy atom. The van der Waals surface area contributed by atoms with E-state index in [1.54, 1.807) is 35.5 Å². The van der Waals surface area contributed by atoms with Gasteiger partial charge in [-0.3, -0.25) is 9.48 Å². The molecule has 1 atom stereocenters. The Balaban J connectivity index is 0.00000132. The average molecular weight is 378 g/mol. The summed E-state index contributed by atoms with van der Waals surface area (Å²) >= 11 is 1.55. The number of nitrogens with zero attached hydrogens (tertiary/aromatic N) is 4. The fraction of sp³-hybridized carbons (Fsp3) is 0.500. The molecule has 0 aromatic carbocycles. The molecule has 9 heteroatoms. The van der Waals surface area contributed by atoms with Gasteiger partial charge < -0.3 is 10.2 Å². The van der Waals surface area contributed by atoms with Crippen LogP contribution >= 0.6 is 36.2 Å². The minimum atomic E-state index is -0.0623. The molecule has 1 N–H and O–H groups in total. The number of halogens is 2. The van der Waals surface area contributed by atoms with E-state index in [-0.39, 0.29) is 30.7 Å². The summed E-state index contributed by atoms with van der Waals surface area (Å²) in [4.78, 5) is 18.2. The van der Waals surface area contributed by atoms with Gasteiger partial charge in [0.25, 0.3) is 5.91 Å². The summed E-state index contributed by atoms with van der Waals surface area (Å²) in [5, 5.41) is 10.7. The molecule has 1 saturated heterocycles. The molecule has 0 radical (unpaired) electrons. The molecular formula is C14H21Cl2N5OS. The molecule has 0 saturated carbocycles. The van der Waals surface area contributed by atoms with Gasteiger partial charge in [0.1, 0.15) is 10.7 Å². The molecule has 2 aromatic rings. The monoisotopic (exact) mass is 377 g/mol. The number of amides is 1. The molecule has 0 spiro atoms. The summed E-state index contributed by atoms with van der Waals surface area (Å²) < 4.78 is 1.91. The van der Waals surface area contributed by atoms with Crippen molar-refractivity contribution in [1.29, 1.82) is 0 Å². The number of nitrogens with one attached hydrogen (secondary N) is 1. The zero-order valence-electron chi connectivity index (χ0n) is 12.8. The zero-order valence-corrected chi connectivity index (χ0v) is 15.3. The van der Waals surface area contributed by atoms with E-state index in [0.717, 1.165) is 30.9 Å². The van der Waals surface area contributed by atoms with Gasteiger partial charge in [0.15, 0.2) is 0 Å². The van der Waals surface area contributed by atoms with Gasteiger partial charge in [-0.25, -0.2) is 4.98 Å². The normalized spacial score (nSPS) is 17.0. The van der Waals surface area contributed by atoms with Crippen LogP contribution in [0.3, 0.4) is 0 Å². The predicted molar refractivity (Wildman–Crippen MR) is 95.8 cm³/mol. The number of aromatic nitrogens is 3. The number of hydrogen-bond acceptors (Lipinski definition) is 5. The molecular weight excluding hydrogens is 357 g/mol. The Morgan fingerprint density at radius 3 is 3.00 bits per heavy atom. The predicted octanol–water partition coefficient (Wildman–Crippen LogP) is 2.38. The second kappa shape index (κ2) is 9.22. The van der Waals surface area contributed by atoms with Crippen LogP contribution in [0.4, 0.5) is 0 Å². The summed E-state index contributed by atoms with van der Waals surface area (Å²) in [6, 6.07) is 2.15. The van der Waals surface area contributed by atoms with Gasteiger partial charge in [0.2, 0.25) is 0 Å². The molecule has 1 aliphatic heterocycles. The minimum Gasteiger partial charge on any atom is -0.334 e. The van der Waals surface area contributed by atoms with Gasteiger partial charge >= 0.3 is 0 Å². The van der Waals surface area contributed by atoms with Gasteiger partial charge in [-0.15, -0.1) is 36.2 Å². The van der Waals surface area contributed by atoms with Crippen molar-refractivity contribution >= 4 is 42.1 Å². The van der Waals surface area contributed by atoms with E-state index in [4.69, 9.17) is 0 Å². The molecule has 1 unspecified atom stereocenters. The van der Waals surface area contributed by atoms with Crippen LogP contribution in [-0.4, -0.2) is 45.7 Å². The number of carbonyl (C=O) groups is 1. The lowest BCUT2D eigenvalue weighted by atomic mass is 10.1. The van der Waals surface area contributed by atoms with E-state index < -0.39 is 0 Å². The smallest absolute Gasteiger partial charge is 0.274 e. The van der Waals surface area contributed by atoms with Crippen molar-refractivity contribution < 1.29 is 4.79 Å². The summed E-state index contributed by atoms with van der Waals surface area (Å²) in [6.07, 6.45) is 5.92. The van der Waals surface area contributed by atoms with Crippen molar-refractivity contribution in [2.24, 2.45) is 0 Å². The molecule has 1 amide bonds. The zero-order chi connectivity index (χ0) is 14.7. The molecule has 1 aliphatic rings. The minimum absolute atomic E-state index is 0. The third-order valence-corrected chi connectivity index (χ3v) is 4.44. The van der Waals surface area contributed by atoms with Crippen LogP contribution < -0.4 is 5.32 Å². The Labute approximate surface area is 152 Å². The van der Waals surface area contributed by atoms with E-state index in [0.29, 0.717) is 18.3 Å². The Kier molecular flexibility index (Phi) is 7.98. The van der Waals surface area contributed by atoms with Gasteiger partial charge in [0.05, 0.1) is 12.6 Å². The van der Waals surface area contributed by atoms with Crippen molar-refractivity contribution in [2.75, 3.05) is 20.1 Å². The Morgan fingerprint density at radius 1 is 1.52 bits per heavy atom. The summed E-state index contributed by atoms with van der Waals surface area (Å²) in [6.45, 7) is 2.51. The summed E-state index contributed by atoms with van der Waals surface area (Å²) in [5.74, 6) is -0.0623. The van der Waals surface area contributed by atoms with Crippen LogP contribution in [0.5, 0.6) is 0 Å². The van der Waals surface area contributed by atoms with Crippen molar-refractivity contribution in [2.45, 2.75) is 25.4 Å². The van der Waals surface area contributed by atoms with Crippen LogP contribution in [0, 0.1) is 0 Å². The van der Waals surface area contributed by atoms with Gasteiger partial charge in [-0.1, -0.05) is 0 Å². The quantitative estimate of drug-likeness (QED) is 0.888. The van der Waals surface area contributed by atoms with E-state index >= 15 is 0 Å². The number of piperidine rings is 1. The highest BCUT2D eigenvalue weighted by Crippen LogP contribution is 2.16. The maximum absolute atomic E-state index is 12.4. The van der Waals surface area contributed by atoms with Crippen molar-refractivity contribution in [1.82, 2.24) is 25.0 Å². The van der Waals surface area contributed by atoms with Crippen LogP contribution in [0.1, 0.15) is 34.4 Å². The molecule has 3 rings (SSSR count). The number of hydrogen-bond donors (Lipinski definition) is 1. The Hall–Kier alpha value is -1.15. The van der Waals surface area contributed by atoms with Crippen LogP contribution in [0.25, 0.3) is 0 Å². The number of thiazole rings is 1. The lowest BCUT2D eigenvalue weighted by molar-refractivity contribution is 0.0777. The third kappa shape index (κ3) is 4.91. The van der Waals surface area contributed by atoms with Gasteiger partial charge in [-0.2, -0.15) is 5.10 Å². The first-order valence-corrected chi connectivity index (χ1v) is 8.01. The number of carbonyl (C=O) groups excluding carboxylic acids is 1. The molecule has 128 valence electrons. The molecule has 6 nitrogen and oxygen atoms in total. The second-order valence-corrected chi connectivity index (χ2v) is 6.25. The fourth-order valence-corrected chi connectivity index (χ4v) is 3.18. The lowest BCUT2D eigenvalue weighted by Crippen LogP contribution is -2.32.